The SMILES string of the molecule is Nc1cccc(OCCS(=O)(=O)NC2CCSC2)c1. The molecule has 0 radical (unpaired) electrons. The molecule has 1 aromatic carbocycles. The highest BCUT2D eigenvalue weighted by atomic mass is 32.2. The highest BCUT2D eigenvalue weighted by molar-refractivity contribution is 7.99. The van der Waals surface area contributed by atoms with Crippen LogP contribution in [0.2, 0.25) is 0 Å². The lowest BCUT2D eigenvalue weighted by Crippen LogP contribution is -2.37. The van der Waals surface area contributed by atoms with Gasteiger partial charge >= 0.3 is 0 Å². The van der Waals surface area contributed by atoms with E-state index in [9.17, 15) is 8.42 Å². The summed E-state index contributed by atoms with van der Waals surface area (Å²) in [5.74, 6) is 2.43. The van der Waals surface area contributed by atoms with Crippen LogP contribution in [0.4, 0.5) is 5.69 Å². The summed E-state index contributed by atoms with van der Waals surface area (Å²) in [7, 11) is -3.26. The van der Waals surface area contributed by atoms with Crippen LogP contribution in [0.25, 0.3) is 0 Å². The van der Waals surface area contributed by atoms with Gasteiger partial charge in [-0.15, -0.1) is 0 Å². The first-order valence-electron chi connectivity index (χ1n) is 6.11. The van der Waals surface area contributed by atoms with E-state index in [4.69, 9.17) is 10.5 Å². The number of ether oxygens (including phenoxy) is 1. The molecule has 1 aliphatic rings. The van der Waals surface area contributed by atoms with Crippen molar-refractivity contribution >= 4 is 27.5 Å². The van der Waals surface area contributed by atoms with Crippen LogP contribution in [-0.2, 0) is 10.0 Å². The van der Waals surface area contributed by atoms with Gasteiger partial charge in [0.25, 0.3) is 0 Å². The number of nitrogen functional groups attached to an aromatic ring is 1. The van der Waals surface area contributed by atoms with E-state index in [-0.39, 0.29) is 18.4 Å². The van der Waals surface area contributed by atoms with Gasteiger partial charge in [-0.25, -0.2) is 13.1 Å². The lowest BCUT2D eigenvalue weighted by molar-refractivity contribution is 0.340. The Bertz CT molecular complexity index is 513. The molecule has 0 spiro atoms. The second-order valence-corrected chi connectivity index (χ2v) is 7.44. The summed E-state index contributed by atoms with van der Waals surface area (Å²) in [6, 6.07) is 7.02. The summed E-state index contributed by atoms with van der Waals surface area (Å²) >= 11 is 1.77. The summed E-state index contributed by atoms with van der Waals surface area (Å²) in [6.07, 6.45) is 0.903. The van der Waals surface area contributed by atoms with Crippen molar-refractivity contribution in [1.82, 2.24) is 4.72 Å². The third-order valence-electron chi connectivity index (χ3n) is 2.75. The minimum atomic E-state index is -3.26. The lowest BCUT2D eigenvalue weighted by atomic mass is 10.3. The fourth-order valence-corrected chi connectivity index (χ4v) is 4.20. The van der Waals surface area contributed by atoms with Crippen LogP contribution >= 0.6 is 11.8 Å². The smallest absolute Gasteiger partial charge is 0.215 e. The number of thioether (sulfide) groups is 1. The van der Waals surface area contributed by atoms with Gasteiger partial charge in [0.2, 0.25) is 10.0 Å². The Balaban J connectivity index is 1.78. The topological polar surface area (TPSA) is 81.4 Å². The molecule has 106 valence electrons. The summed E-state index contributed by atoms with van der Waals surface area (Å²) in [6.45, 7) is 0.124. The van der Waals surface area contributed by atoms with Crippen molar-refractivity contribution in [3.05, 3.63) is 24.3 Å². The van der Waals surface area contributed by atoms with E-state index >= 15 is 0 Å². The largest absolute Gasteiger partial charge is 0.492 e. The van der Waals surface area contributed by atoms with Crippen molar-refractivity contribution in [2.75, 3.05) is 29.6 Å². The molecule has 2 rings (SSSR count). The van der Waals surface area contributed by atoms with Gasteiger partial charge in [0.05, 0.1) is 5.75 Å². The Hall–Kier alpha value is -0.920. The van der Waals surface area contributed by atoms with Crippen LogP contribution in [-0.4, -0.2) is 38.3 Å². The Labute approximate surface area is 118 Å². The van der Waals surface area contributed by atoms with Gasteiger partial charge in [-0.1, -0.05) is 6.07 Å². The third kappa shape index (κ3) is 4.93. The van der Waals surface area contributed by atoms with Crippen molar-refractivity contribution in [2.24, 2.45) is 0 Å². The number of sulfonamides is 1. The average Bonchev–Trinajstić information content (AvgIpc) is 2.80. The van der Waals surface area contributed by atoms with E-state index in [2.05, 4.69) is 4.72 Å². The van der Waals surface area contributed by atoms with E-state index in [0.29, 0.717) is 11.4 Å². The molecule has 7 heteroatoms. The molecule has 0 aromatic heterocycles. The van der Waals surface area contributed by atoms with E-state index < -0.39 is 10.0 Å². The Morgan fingerprint density at radius 1 is 1.47 bits per heavy atom. The van der Waals surface area contributed by atoms with E-state index in [1.807, 2.05) is 0 Å². The minimum Gasteiger partial charge on any atom is -0.492 e. The first kappa shape index (κ1) is 14.5. The molecule has 19 heavy (non-hydrogen) atoms. The molecule has 1 aromatic rings. The highest BCUT2D eigenvalue weighted by Crippen LogP contribution is 2.18. The normalized spacial score (nSPS) is 19.5. The molecule has 3 N–H and O–H groups in total. The maximum absolute atomic E-state index is 11.8. The van der Waals surface area contributed by atoms with Crippen LogP contribution in [0.3, 0.4) is 0 Å². The number of hydrogen-bond donors (Lipinski definition) is 2. The molecule has 1 atom stereocenters. The molecule has 0 saturated carbocycles. The molecule has 1 saturated heterocycles. The van der Waals surface area contributed by atoms with Gasteiger partial charge < -0.3 is 10.5 Å². The predicted octanol–water partition coefficient (Wildman–Crippen LogP) is 1.07. The van der Waals surface area contributed by atoms with Gasteiger partial charge in [-0.3, -0.25) is 0 Å². The van der Waals surface area contributed by atoms with Gasteiger partial charge in [-0.2, -0.15) is 11.8 Å². The van der Waals surface area contributed by atoms with Crippen LogP contribution in [0, 0.1) is 0 Å². The monoisotopic (exact) mass is 302 g/mol. The van der Waals surface area contributed by atoms with Crippen LogP contribution in [0.1, 0.15) is 6.42 Å². The van der Waals surface area contributed by atoms with Crippen molar-refractivity contribution < 1.29 is 13.2 Å². The number of nitrogens with two attached hydrogens (primary N) is 1. The first-order valence-corrected chi connectivity index (χ1v) is 8.92. The zero-order valence-electron chi connectivity index (χ0n) is 10.5. The summed E-state index contributed by atoms with van der Waals surface area (Å²) in [4.78, 5) is 0. The molecular formula is C12H18N2O3S2. The lowest BCUT2D eigenvalue weighted by Gasteiger charge is -2.12. The number of benzene rings is 1. The molecular weight excluding hydrogens is 284 g/mol. The zero-order valence-corrected chi connectivity index (χ0v) is 12.2. The van der Waals surface area contributed by atoms with Gasteiger partial charge in [0.15, 0.2) is 0 Å². The maximum atomic E-state index is 11.8. The van der Waals surface area contributed by atoms with E-state index in [1.165, 1.54) is 0 Å². The second kappa shape index (κ2) is 6.49. The highest BCUT2D eigenvalue weighted by Gasteiger charge is 2.21. The van der Waals surface area contributed by atoms with Crippen molar-refractivity contribution in [2.45, 2.75) is 12.5 Å². The molecule has 5 nitrogen and oxygen atoms in total. The van der Waals surface area contributed by atoms with Gasteiger partial charge in [-0.05, 0) is 24.3 Å². The first-order chi connectivity index (χ1) is 9.05. The molecule has 0 amide bonds. The van der Waals surface area contributed by atoms with Crippen molar-refractivity contribution in [3.63, 3.8) is 0 Å². The van der Waals surface area contributed by atoms with Crippen molar-refractivity contribution in [3.8, 4) is 5.75 Å². The fraction of sp³-hybridized carbons (Fsp3) is 0.500. The molecule has 1 heterocycles. The Kier molecular flexibility index (Phi) is 4.95. The maximum Gasteiger partial charge on any atom is 0.215 e. The predicted molar refractivity (Wildman–Crippen MR) is 79.0 cm³/mol. The number of rotatable bonds is 6. The minimum absolute atomic E-state index is 0.0387. The summed E-state index contributed by atoms with van der Waals surface area (Å²) in [5, 5.41) is 0. The Morgan fingerprint density at radius 2 is 2.32 bits per heavy atom. The zero-order chi connectivity index (χ0) is 13.7. The molecule has 0 aliphatic carbocycles. The standard InChI is InChI=1S/C12H18N2O3S2/c13-10-2-1-3-12(8-10)17-5-7-19(15,16)14-11-4-6-18-9-11/h1-3,8,11,14H,4-7,9,13H2. The third-order valence-corrected chi connectivity index (χ3v) is 5.31. The number of hydrogen-bond acceptors (Lipinski definition) is 5. The molecule has 1 aliphatic heterocycles. The van der Waals surface area contributed by atoms with E-state index in [1.54, 1.807) is 36.0 Å². The quantitative estimate of drug-likeness (QED) is 0.768. The average molecular weight is 302 g/mol. The number of nitrogens with one attached hydrogen (secondary N) is 1. The van der Waals surface area contributed by atoms with Crippen LogP contribution in [0.15, 0.2) is 24.3 Å². The Morgan fingerprint density at radius 3 is 3.00 bits per heavy atom. The molecule has 1 unspecified atom stereocenters. The molecule has 0 bridgehead atoms. The van der Waals surface area contributed by atoms with Gasteiger partial charge in [0.1, 0.15) is 12.4 Å². The van der Waals surface area contributed by atoms with Gasteiger partial charge in [0, 0.05) is 23.5 Å². The second-order valence-electron chi connectivity index (χ2n) is 4.42. The number of anilines is 1. The summed E-state index contributed by atoms with van der Waals surface area (Å²) in [5.41, 5.74) is 6.21. The van der Waals surface area contributed by atoms with Crippen molar-refractivity contribution in [1.29, 1.82) is 0 Å². The van der Waals surface area contributed by atoms with Crippen LogP contribution < -0.4 is 15.2 Å². The van der Waals surface area contributed by atoms with E-state index in [0.717, 1.165) is 17.9 Å². The summed E-state index contributed by atoms with van der Waals surface area (Å²) < 4.78 is 31.7. The fourth-order valence-electron chi connectivity index (χ4n) is 1.81. The van der Waals surface area contributed by atoms with Crippen LogP contribution in [0.5, 0.6) is 5.75 Å². The molecule has 1 fully saturated rings.